The predicted molar refractivity (Wildman–Crippen MR) is 135 cm³/mol. The van der Waals surface area contributed by atoms with E-state index < -0.39 is 0 Å². The molecule has 0 radical (unpaired) electrons. The quantitative estimate of drug-likeness (QED) is 0.359. The molecular weight excluding hydrogens is 450 g/mol. The van der Waals surface area contributed by atoms with Gasteiger partial charge in [0.15, 0.2) is 5.13 Å². The molecule has 0 saturated carbocycles. The predicted octanol–water partition coefficient (Wildman–Crippen LogP) is 5.50. The molecular formula is C23H30ClN3O2S2. The number of likely N-dealkylation sites (N-methyl/N-ethyl adjacent to an activating group) is 1. The number of halogens is 1. The second kappa shape index (κ2) is 12.3. The number of benzene rings is 2. The van der Waals surface area contributed by atoms with E-state index in [-0.39, 0.29) is 18.3 Å². The van der Waals surface area contributed by atoms with Gasteiger partial charge in [0, 0.05) is 18.0 Å². The highest BCUT2D eigenvalue weighted by atomic mass is 35.5. The van der Waals surface area contributed by atoms with Gasteiger partial charge in [0.05, 0.1) is 17.6 Å². The fourth-order valence-electron chi connectivity index (χ4n) is 3.16. The SMILES string of the molecule is CCN(CC)CCN(C(=O)CSc1ccc(C)cc1)c1nc2c(OC)cccc2s1.Cl. The van der Waals surface area contributed by atoms with Crippen LogP contribution in [-0.2, 0) is 4.79 Å². The minimum absolute atomic E-state index is 0. The number of fused-ring (bicyclic) bond motifs is 1. The van der Waals surface area contributed by atoms with E-state index in [1.807, 2.05) is 23.1 Å². The van der Waals surface area contributed by atoms with Crippen molar-refractivity contribution in [1.29, 1.82) is 0 Å². The summed E-state index contributed by atoms with van der Waals surface area (Å²) in [5.41, 5.74) is 2.03. The van der Waals surface area contributed by atoms with Crippen molar-refractivity contribution in [2.45, 2.75) is 25.7 Å². The highest BCUT2D eigenvalue weighted by molar-refractivity contribution is 8.00. The number of carbonyl (C=O) groups is 1. The van der Waals surface area contributed by atoms with Crippen LogP contribution in [0.3, 0.4) is 0 Å². The Kier molecular flexibility index (Phi) is 10.1. The highest BCUT2D eigenvalue weighted by Crippen LogP contribution is 2.34. The van der Waals surface area contributed by atoms with Crippen LogP contribution in [0.5, 0.6) is 5.75 Å². The largest absolute Gasteiger partial charge is 0.494 e. The first-order valence-corrected chi connectivity index (χ1v) is 12.0. The molecule has 1 heterocycles. The lowest BCUT2D eigenvalue weighted by Crippen LogP contribution is -2.39. The first-order chi connectivity index (χ1) is 14.5. The standard InChI is InChI=1S/C23H29N3O2S2.ClH/c1-5-25(6-2)14-15-26(21(27)16-29-18-12-10-17(3)11-13-18)23-24-22-19(28-4)8-7-9-20(22)30-23;/h7-13H,5-6,14-16H2,1-4H3;1H. The Bertz CT molecular complexity index is 975. The number of anilines is 1. The van der Waals surface area contributed by atoms with Crippen LogP contribution in [-0.4, -0.2) is 54.8 Å². The zero-order valence-corrected chi connectivity index (χ0v) is 20.9. The van der Waals surface area contributed by atoms with Crippen LogP contribution in [0, 0.1) is 6.92 Å². The number of hydrogen-bond acceptors (Lipinski definition) is 6. The molecule has 1 amide bonds. The molecule has 3 rings (SSSR count). The molecule has 1 aromatic heterocycles. The van der Waals surface area contributed by atoms with Gasteiger partial charge in [-0.3, -0.25) is 9.69 Å². The number of amides is 1. The maximum absolute atomic E-state index is 13.2. The number of aryl methyl sites for hydroxylation is 1. The Labute approximate surface area is 199 Å². The zero-order chi connectivity index (χ0) is 21.5. The fraction of sp³-hybridized carbons (Fsp3) is 0.391. The van der Waals surface area contributed by atoms with E-state index in [0.29, 0.717) is 12.3 Å². The van der Waals surface area contributed by atoms with Gasteiger partial charge in [0.2, 0.25) is 5.91 Å². The molecule has 0 spiro atoms. The Hall–Kier alpha value is -1.80. The average Bonchev–Trinajstić information content (AvgIpc) is 3.20. The summed E-state index contributed by atoms with van der Waals surface area (Å²) in [5, 5.41) is 0.733. The van der Waals surface area contributed by atoms with Crippen LogP contribution < -0.4 is 9.64 Å². The Balaban J connectivity index is 0.00000341. The van der Waals surface area contributed by atoms with E-state index in [1.165, 1.54) is 16.9 Å². The summed E-state index contributed by atoms with van der Waals surface area (Å²) in [6.45, 7) is 9.72. The smallest absolute Gasteiger partial charge is 0.239 e. The van der Waals surface area contributed by atoms with Crippen molar-refractivity contribution in [2.75, 3.05) is 43.9 Å². The normalized spacial score (nSPS) is 10.9. The summed E-state index contributed by atoms with van der Waals surface area (Å²) < 4.78 is 6.48. The van der Waals surface area contributed by atoms with Crippen molar-refractivity contribution >= 4 is 56.8 Å². The molecule has 0 atom stereocenters. The number of hydrogen-bond donors (Lipinski definition) is 0. The van der Waals surface area contributed by atoms with Gasteiger partial charge in [-0.2, -0.15) is 0 Å². The third-order valence-electron chi connectivity index (χ3n) is 5.04. The van der Waals surface area contributed by atoms with Gasteiger partial charge in [-0.05, 0) is 44.3 Å². The molecule has 0 aliphatic heterocycles. The third kappa shape index (κ3) is 6.59. The van der Waals surface area contributed by atoms with Gasteiger partial charge in [0.1, 0.15) is 11.3 Å². The second-order valence-electron chi connectivity index (χ2n) is 6.98. The number of methoxy groups -OCH3 is 1. The molecule has 0 bridgehead atoms. The van der Waals surface area contributed by atoms with Crippen molar-refractivity contribution in [3.8, 4) is 5.75 Å². The number of thioether (sulfide) groups is 1. The highest BCUT2D eigenvalue weighted by Gasteiger charge is 2.21. The van der Waals surface area contributed by atoms with Crippen LogP contribution in [0.25, 0.3) is 10.2 Å². The molecule has 0 saturated heterocycles. The molecule has 0 fully saturated rings. The first-order valence-electron chi connectivity index (χ1n) is 10.2. The Morgan fingerprint density at radius 1 is 1.10 bits per heavy atom. The number of rotatable bonds is 10. The number of carbonyl (C=O) groups excluding carboxylic acids is 1. The number of aromatic nitrogens is 1. The molecule has 5 nitrogen and oxygen atoms in total. The summed E-state index contributed by atoms with van der Waals surface area (Å²) in [4.78, 5) is 23.3. The average molecular weight is 480 g/mol. The van der Waals surface area contributed by atoms with Gasteiger partial charge in [-0.25, -0.2) is 4.98 Å². The van der Waals surface area contributed by atoms with E-state index in [4.69, 9.17) is 9.72 Å². The van der Waals surface area contributed by atoms with Crippen molar-refractivity contribution in [2.24, 2.45) is 0 Å². The minimum Gasteiger partial charge on any atom is -0.494 e. The Morgan fingerprint density at radius 2 is 1.81 bits per heavy atom. The lowest BCUT2D eigenvalue weighted by Gasteiger charge is -2.24. The number of nitrogens with zero attached hydrogens (tertiary/aromatic N) is 3. The molecule has 0 unspecified atom stereocenters. The van der Waals surface area contributed by atoms with Crippen LogP contribution in [0.1, 0.15) is 19.4 Å². The maximum Gasteiger partial charge on any atom is 0.239 e. The summed E-state index contributed by atoms with van der Waals surface area (Å²) in [7, 11) is 1.65. The van der Waals surface area contributed by atoms with E-state index in [9.17, 15) is 4.79 Å². The fourth-order valence-corrected chi connectivity index (χ4v) is 4.96. The van der Waals surface area contributed by atoms with Crippen molar-refractivity contribution in [3.05, 3.63) is 48.0 Å². The zero-order valence-electron chi connectivity index (χ0n) is 18.5. The van der Waals surface area contributed by atoms with Gasteiger partial charge >= 0.3 is 0 Å². The van der Waals surface area contributed by atoms with E-state index in [2.05, 4.69) is 49.9 Å². The van der Waals surface area contributed by atoms with Crippen molar-refractivity contribution in [1.82, 2.24) is 9.88 Å². The van der Waals surface area contributed by atoms with Gasteiger partial charge in [0.25, 0.3) is 0 Å². The summed E-state index contributed by atoms with van der Waals surface area (Å²) in [6, 6.07) is 14.2. The van der Waals surface area contributed by atoms with E-state index in [1.54, 1.807) is 18.9 Å². The molecule has 3 aromatic rings. The van der Waals surface area contributed by atoms with Gasteiger partial charge in [-0.1, -0.05) is 48.9 Å². The summed E-state index contributed by atoms with van der Waals surface area (Å²) in [6.07, 6.45) is 0. The molecule has 8 heteroatoms. The van der Waals surface area contributed by atoms with Gasteiger partial charge in [-0.15, -0.1) is 24.2 Å². The van der Waals surface area contributed by atoms with Crippen LogP contribution in [0.4, 0.5) is 5.13 Å². The maximum atomic E-state index is 13.2. The first kappa shape index (κ1) is 25.5. The second-order valence-corrected chi connectivity index (χ2v) is 9.04. The number of thiazole rings is 1. The molecule has 168 valence electrons. The van der Waals surface area contributed by atoms with Crippen molar-refractivity contribution in [3.63, 3.8) is 0 Å². The van der Waals surface area contributed by atoms with Crippen LogP contribution in [0.2, 0.25) is 0 Å². The molecule has 0 aliphatic rings. The van der Waals surface area contributed by atoms with E-state index >= 15 is 0 Å². The van der Waals surface area contributed by atoms with Crippen LogP contribution in [0.15, 0.2) is 47.4 Å². The van der Waals surface area contributed by atoms with Crippen LogP contribution >= 0.6 is 35.5 Å². The van der Waals surface area contributed by atoms with E-state index in [0.717, 1.165) is 45.6 Å². The summed E-state index contributed by atoms with van der Waals surface area (Å²) in [5.74, 6) is 1.19. The third-order valence-corrected chi connectivity index (χ3v) is 7.08. The Morgan fingerprint density at radius 3 is 2.45 bits per heavy atom. The minimum atomic E-state index is 0. The molecule has 31 heavy (non-hydrogen) atoms. The van der Waals surface area contributed by atoms with Gasteiger partial charge < -0.3 is 9.64 Å². The molecule has 0 aliphatic carbocycles. The topological polar surface area (TPSA) is 45.7 Å². The monoisotopic (exact) mass is 479 g/mol. The lowest BCUT2D eigenvalue weighted by atomic mass is 10.2. The molecule has 0 N–H and O–H groups in total. The number of ether oxygens (including phenoxy) is 1. The number of para-hydroxylation sites is 1. The van der Waals surface area contributed by atoms with Crippen molar-refractivity contribution < 1.29 is 9.53 Å². The lowest BCUT2D eigenvalue weighted by molar-refractivity contribution is -0.116. The summed E-state index contributed by atoms with van der Waals surface area (Å²) >= 11 is 3.11. The molecule has 2 aromatic carbocycles.